The minimum absolute atomic E-state index is 0.0192. The van der Waals surface area contributed by atoms with Gasteiger partial charge >= 0.3 is 0 Å². The smallest absolute Gasteiger partial charge is 0.223 e. The van der Waals surface area contributed by atoms with Crippen LogP contribution in [0.3, 0.4) is 0 Å². The molecule has 0 aliphatic rings. The van der Waals surface area contributed by atoms with Crippen LogP contribution in [-0.4, -0.2) is 26.2 Å². The Morgan fingerprint density at radius 3 is 2.86 bits per heavy atom. The number of nitrogens with one attached hydrogen (secondary N) is 1. The Labute approximate surface area is 124 Å². The number of benzene rings is 1. The summed E-state index contributed by atoms with van der Waals surface area (Å²) in [4.78, 5) is 11.7. The summed E-state index contributed by atoms with van der Waals surface area (Å²) < 4.78 is 10.6. The Morgan fingerprint density at radius 2 is 2.24 bits per heavy atom. The van der Waals surface area contributed by atoms with Crippen molar-refractivity contribution in [3.05, 3.63) is 23.8 Å². The zero-order valence-electron chi connectivity index (χ0n) is 12.2. The summed E-state index contributed by atoms with van der Waals surface area (Å²) >= 11 is 0. The number of ether oxygens (including phenoxy) is 2. The van der Waals surface area contributed by atoms with Crippen LogP contribution in [0.1, 0.15) is 12.5 Å². The quantitative estimate of drug-likeness (QED) is 0.609. The molecular weight excluding hydrogens is 268 g/mol. The molecule has 1 aromatic rings. The second-order valence-electron chi connectivity index (χ2n) is 4.46. The summed E-state index contributed by atoms with van der Waals surface area (Å²) in [5.74, 6) is 3.15. The minimum atomic E-state index is -0.236. The number of carbonyl (C=O) groups is 1. The fourth-order valence-corrected chi connectivity index (χ4v) is 1.82. The van der Waals surface area contributed by atoms with E-state index in [-0.39, 0.29) is 25.0 Å². The average Bonchev–Trinajstić information content (AvgIpc) is 2.50. The standard InChI is InChI=1S/C16H18N2O3/c1-4-9-21-14-6-5-13(11-15(14)20-3)10-12(2)16(19)18-8-7-17/h1,5-6,11-12H,8-10H2,2-3H3,(H,18,19). The third-order valence-corrected chi connectivity index (χ3v) is 2.87. The first-order valence-electron chi connectivity index (χ1n) is 6.50. The van der Waals surface area contributed by atoms with E-state index >= 15 is 0 Å². The largest absolute Gasteiger partial charge is 0.493 e. The Morgan fingerprint density at radius 1 is 1.48 bits per heavy atom. The Hall–Kier alpha value is -2.66. The molecule has 5 nitrogen and oxygen atoms in total. The summed E-state index contributed by atoms with van der Waals surface area (Å²) in [6, 6.07) is 7.33. The second kappa shape index (κ2) is 8.50. The van der Waals surface area contributed by atoms with Crippen molar-refractivity contribution >= 4 is 5.91 Å². The van der Waals surface area contributed by atoms with Gasteiger partial charge in [-0.3, -0.25) is 4.79 Å². The van der Waals surface area contributed by atoms with Gasteiger partial charge in [0.05, 0.1) is 13.2 Å². The summed E-state index contributed by atoms with van der Waals surface area (Å²) in [7, 11) is 1.55. The van der Waals surface area contributed by atoms with Crippen molar-refractivity contribution < 1.29 is 14.3 Å². The van der Waals surface area contributed by atoms with Crippen molar-refractivity contribution in [1.82, 2.24) is 5.32 Å². The van der Waals surface area contributed by atoms with E-state index in [2.05, 4.69) is 11.2 Å². The van der Waals surface area contributed by atoms with Crippen LogP contribution in [-0.2, 0) is 11.2 Å². The lowest BCUT2D eigenvalue weighted by molar-refractivity contribution is -0.124. The first kappa shape index (κ1) is 16.4. The maximum Gasteiger partial charge on any atom is 0.223 e. The fourth-order valence-electron chi connectivity index (χ4n) is 1.82. The van der Waals surface area contributed by atoms with Gasteiger partial charge in [-0.2, -0.15) is 5.26 Å². The molecule has 0 fully saturated rings. The third kappa shape index (κ3) is 5.08. The molecule has 1 N–H and O–H groups in total. The average molecular weight is 286 g/mol. The molecule has 110 valence electrons. The number of rotatable bonds is 7. The molecule has 21 heavy (non-hydrogen) atoms. The molecule has 1 aromatic carbocycles. The minimum Gasteiger partial charge on any atom is -0.493 e. The van der Waals surface area contributed by atoms with Crippen LogP contribution in [0.5, 0.6) is 11.5 Å². The van der Waals surface area contributed by atoms with Gasteiger partial charge in [-0.25, -0.2) is 0 Å². The zero-order chi connectivity index (χ0) is 15.7. The number of hydrogen-bond acceptors (Lipinski definition) is 4. The molecule has 0 heterocycles. The van der Waals surface area contributed by atoms with Gasteiger partial charge in [-0.1, -0.05) is 18.9 Å². The molecule has 0 bridgehead atoms. The van der Waals surface area contributed by atoms with Gasteiger partial charge in [-0.05, 0) is 24.1 Å². The number of terminal acetylenes is 1. The van der Waals surface area contributed by atoms with Gasteiger partial charge in [0.25, 0.3) is 0 Å². The highest BCUT2D eigenvalue weighted by Crippen LogP contribution is 2.28. The molecule has 1 unspecified atom stereocenters. The predicted molar refractivity (Wildman–Crippen MR) is 78.8 cm³/mol. The van der Waals surface area contributed by atoms with E-state index in [9.17, 15) is 4.79 Å². The van der Waals surface area contributed by atoms with Crippen LogP contribution >= 0.6 is 0 Å². The lowest BCUT2D eigenvalue weighted by Crippen LogP contribution is -2.30. The lowest BCUT2D eigenvalue weighted by Gasteiger charge is -2.13. The number of methoxy groups -OCH3 is 1. The van der Waals surface area contributed by atoms with Crippen molar-refractivity contribution in [3.63, 3.8) is 0 Å². The molecule has 0 radical (unpaired) electrons. The van der Waals surface area contributed by atoms with Crippen LogP contribution in [0.2, 0.25) is 0 Å². The highest BCUT2D eigenvalue weighted by atomic mass is 16.5. The van der Waals surface area contributed by atoms with Gasteiger partial charge < -0.3 is 14.8 Å². The van der Waals surface area contributed by atoms with Gasteiger partial charge in [-0.15, -0.1) is 6.42 Å². The Kier molecular flexibility index (Phi) is 6.63. The van der Waals surface area contributed by atoms with Gasteiger partial charge in [0.1, 0.15) is 13.2 Å². The van der Waals surface area contributed by atoms with Crippen molar-refractivity contribution in [3.8, 4) is 29.9 Å². The zero-order valence-corrected chi connectivity index (χ0v) is 12.2. The number of hydrogen-bond donors (Lipinski definition) is 1. The molecule has 0 aliphatic heterocycles. The fraction of sp³-hybridized carbons (Fsp3) is 0.375. The number of carbonyl (C=O) groups excluding carboxylic acids is 1. The van der Waals surface area contributed by atoms with Crippen LogP contribution in [0, 0.1) is 29.6 Å². The van der Waals surface area contributed by atoms with Gasteiger partial charge in [0.2, 0.25) is 5.91 Å². The molecule has 1 amide bonds. The van der Waals surface area contributed by atoms with Crippen LogP contribution in [0.4, 0.5) is 0 Å². The maximum atomic E-state index is 11.7. The molecule has 0 aliphatic carbocycles. The van der Waals surface area contributed by atoms with Crippen molar-refractivity contribution in [2.45, 2.75) is 13.3 Å². The van der Waals surface area contributed by atoms with Crippen LogP contribution < -0.4 is 14.8 Å². The third-order valence-electron chi connectivity index (χ3n) is 2.87. The van der Waals surface area contributed by atoms with E-state index in [4.69, 9.17) is 21.2 Å². The van der Waals surface area contributed by atoms with Gasteiger partial charge in [0.15, 0.2) is 11.5 Å². The normalized spacial score (nSPS) is 10.9. The monoisotopic (exact) mass is 286 g/mol. The molecule has 1 atom stereocenters. The van der Waals surface area contributed by atoms with E-state index in [1.54, 1.807) is 13.2 Å². The number of nitriles is 1. The van der Waals surface area contributed by atoms with E-state index in [0.717, 1.165) is 5.56 Å². The Balaban J connectivity index is 2.74. The van der Waals surface area contributed by atoms with Crippen molar-refractivity contribution in [2.75, 3.05) is 20.3 Å². The molecule has 5 heteroatoms. The number of nitrogens with zero attached hydrogens (tertiary/aromatic N) is 1. The first-order chi connectivity index (χ1) is 10.1. The maximum absolute atomic E-state index is 11.7. The van der Waals surface area contributed by atoms with Crippen molar-refractivity contribution in [1.29, 1.82) is 5.26 Å². The summed E-state index contributed by atoms with van der Waals surface area (Å²) in [5.41, 5.74) is 0.944. The lowest BCUT2D eigenvalue weighted by atomic mass is 10.00. The van der Waals surface area contributed by atoms with Gasteiger partial charge in [0, 0.05) is 5.92 Å². The highest BCUT2D eigenvalue weighted by Gasteiger charge is 2.14. The molecule has 0 saturated carbocycles. The van der Waals surface area contributed by atoms with E-state index in [1.807, 2.05) is 25.1 Å². The highest BCUT2D eigenvalue weighted by molar-refractivity contribution is 5.78. The van der Waals surface area contributed by atoms with Crippen LogP contribution in [0.15, 0.2) is 18.2 Å². The van der Waals surface area contributed by atoms with E-state index in [0.29, 0.717) is 17.9 Å². The Bertz CT molecular complexity index is 570. The van der Waals surface area contributed by atoms with Crippen molar-refractivity contribution in [2.24, 2.45) is 5.92 Å². The van der Waals surface area contributed by atoms with E-state index in [1.165, 1.54) is 0 Å². The summed E-state index contributed by atoms with van der Waals surface area (Å²) in [6.45, 7) is 2.00. The SMILES string of the molecule is C#CCOc1ccc(CC(C)C(=O)NCC#N)cc1OC. The second-order valence-corrected chi connectivity index (χ2v) is 4.46. The molecule has 1 rings (SSSR count). The van der Waals surface area contributed by atoms with Crippen LogP contribution in [0.25, 0.3) is 0 Å². The first-order valence-corrected chi connectivity index (χ1v) is 6.50. The molecule has 0 aromatic heterocycles. The molecular formula is C16H18N2O3. The summed E-state index contributed by atoms with van der Waals surface area (Å²) in [6.07, 6.45) is 5.70. The molecule has 0 saturated heterocycles. The number of amides is 1. The van der Waals surface area contributed by atoms with E-state index < -0.39 is 0 Å². The topological polar surface area (TPSA) is 71.3 Å². The predicted octanol–water partition coefficient (Wildman–Crippen LogP) is 1.53. The molecule has 0 spiro atoms. The summed E-state index contributed by atoms with van der Waals surface area (Å²) in [5, 5.41) is 11.0.